The Morgan fingerprint density at radius 3 is 3.12 bits per heavy atom. The summed E-state index contributed by atoms with van der Waals surface area (Å²) >= 11 is 1.92. The van der Waals surface area contributed by atoms with Crippen LogP contribution in [0.3, 0.4) is 0 Å². The lowest BCUT2D eigenvalue weighted by Crippen LogP contribution is -2.04. The van der Waals surface area contributed by atoms with E-state index in [4.69, 9.17) is 0 Å². The molecule has 0 aliphatic heterocycles. The maximum absolute atomic E-state index is 4.45. The molecule has 2 rings (SSSR count). The van der Waals surface area contributed by atoms with E-state index in [1.54, 1.807) is 10.7 Å². The number of hydrogen-bond donors (Lipinski definition) is 1. The zero-order valence-corrected chi connectivity index (χ0v) is 10.9. The second-order valence-electron chi connectivity index (χ2n) is 3.93. The van der Waals surface area contributed by atoms with E-state index in [1.807, 2.05) is 30.1 Å². The third kappa shape index (κ3) is 3.63. The van der Waals surface area contributed by atoms with Crippen LogP contribution < -0.4 is 5.32 Å². The van der Waals surface area contributed by atoms with Crippen LogP contribution in [0.2, 0.25) is 0 Å². The minimum absolute atomic E-state index is 0.886. The number of fused-ring (bicyclic) bond motifs is 1. The maximum atomic E-state index is 4.45. The molecule has 2 heterocycles. The van der Waals surface area contributed by atoms with Crippen molar-refractivity contribution in [2.24, 2.45) is 0 Å². The molecule has 0 fully saturated rings. The van der Waals surface area contributed by atoms with Gasteiger partial charge in [-0.25, -0.2) is 9.50 Å². The van der Waals surface area contributed by atoms with Gasteiger partial charge in [-0.05, 0) is 30.9 Å². The van der Waals surface area contributed by atoms with Crippen LogP contribution in [-0.4, -0.2) is 33.2 Å². The first-order valence-electron chi connectivity index (χ1n) is 5.93. The van der Waals surface area contributed by atoms with Gasteiger partial charge >= 0.3 is 0 Å². The average Bonchev–Trinajstić information content (AvgIpc) is 2.81. The summed E-state index contributed by atoms with van der Waals surface area (Å²) in [4.78, 5) is 4.45. The molecule has 0 aromatic carbocycles. The zero-order chi connectivity index (χ0) is 11.9. The number of hydrogen-bond acceptors (Lipinski definition) is 4. The molecule has 0 unspecified atom stereocenters. The molecule has 92 valence electrons. The van der Waals surface area contributed by atoms with Crippen molar-refractivity contribution in [3.8, 4) is 0 Å². The van der Waals surface area contributed by atoms with Gasteiger partial charge in [-0.2, -0.15) is 16.9 Å². The summed E-state index contributed by atoms with van der Waals surface area (Å²) in [5.74, 6) is 2.20. The second-order valence-corrected chi connectivity index (χ2v) is 4.91. The Kier molecular flexibility index (Phi) is 4.67. The molecule has 1 N–H and O–H groups in total. The van der Waals surface area contributed by atoms with E-state index in [1.165, 1.54) is 25.0 Å². The maximum Gasteiger partial charge on any atom is 0.157 e. The van der Waals surface area contributed by atoms with Crippen LogP contribution in [0.5, 0.6) is 0 Å². The van der Waals surface area contributed by atoms with E-state index in [9.17, 15) is 0 Å². The fourth-order valence-electron chi connectivity index (χ4n) is 1.68. The van der Waals surface area contributed by atoms with Gasteiger partial charge in [0.2, 0.25) is 0 Å². The molecule has 0 saturated heterocycles. The van der Waals surface area contributed by atoms with Gasteiger partial charge in [0, 0.05) is 18.8 Å². The summed E-state index contributed by atoms with van der Waals surface area (Å²) in [6.45, 7) is 0.992. The van der Waals surface area contributed by atoms with Gasteiger partial charge in [-0.15, -0.1) is 0 Å². The van der Waals surface area contributed by atoms with Crippen molar-refractivity contribution in [2.45, 2.75) is 19.3 Å². The molecule has 0 bridgehead atoms. The van der Waals surface area contributed by atoms with Crippen LogP contribution in [0, 0.1) is 0 Å². The Labute approximate surface area is 106 Å². The number of nitrogens with one attached hydrogen (secondary N) is 1. The highest BCUT2D eigenvalue weighted by Crippen LogP contribution is 2.07. The number of unbranched alkanes of at least 4 members (excludes halogenated alkanes) is 2. The highest BCUT2D eigenvalue weighted by atomic mass is 32.2. The average molecular weight is 250 g/mol. The molecular formula is C12H18N4S. The Hall–Kier alpha value is -1.23. The number of thioether (sulfide) groups is 1. The van der Waals surface area contributed by atoms with Gasteiger partial charge in [0.05, 0.1) is 6.20 Å². The molecule has 4 nitrogen and oxygen atoms in total. The first kappa shape index (κ1) is 12.2. The third-order valence-electron chi connectivity index (χ3n) is 2.59. The van der Waals surface area contributed by atoms with E-state index in [0.717, 1.165) is 18.0 Å². The van der Waals surface area contributed by atoms with Crippen LogP contribution in [-0.2, 0) is 0 Å². The van der Waals surface area contributed by atoms with Crippen LogP contribution >= 0.6 is 11.8 Å². The molecule has 0 amide bonds. The number of rotatable bonds is 7. The second kappa shape index (κ2) is 6.49. The summed E-state index contributed by atoms with van der Waals surface area (Å²) in [6, 6.07) is 3.87. The van der Waals surface area contributed by atoms with E-state index in [-0.39, 0.29) is 0 Å². The molecule has 0 aliphatic rings. The Bertz CT molecular complexity index is 454. The first-order valence-corrected chi connectivity index (χ1v) is 7.33. The third-order valence-corrected chi connectivity index (χ3v) is 3.29. The van der Waals surface area contributed by atoms with Gasteiger partial charge in [-0.1, -0.05) is 6.42 Å². The van der Waals surface area contributed by atoms with Crippen LogP contribution in [0.25, 0.3) is 5.65 Å². The highest BCUT2D eigenvalue weighted by Gasteiger charge is 1.97. The summed E-state index contributed by atoms with van der Waals surface area (Å²) < 4.78 is 1.77. The highest BCUT2D eigenvalue weighted by molar-refractivity contribution is 7.98. The molecule has 0 spiro atoms. The van der Waals surface area contributed by atoms with Crippen molar-refractivity contribution in [3.63, 3.8) is 0 Å². The van der Waals surface area contributed by atoms with E-state index in [2.05, 4.69) is 21.7 Å². The van der Waals surface area contributed by atoms with Gasteiger partial charge < -0.3 is 5.32 Å². The topological polar surface area (TPSA) is 42.2 Å². The minimum Gasteiger partial charge on any atom is -0.370 e. The summed E-state index contributed by atoms with van der Waals surface area (Å²) in [6.07, 6.45) is 9.63. The normalized spacial score (nSPS) is 10.9. The standard InChI is InChI=1S/C12H18N4S/c1-17-10-4-2-3-7-13-11-6-9-16-12(15-11)5-8-14-16/h5-6,8-9H,2-4,7,10H2,1H3,(H,13,15). The largest absolute Gasteiger partial charge is 0.370 e. The van der Waals surface area contributed by atoms with Gasteiger partial charge in [-0.3, -0.25) is 0 Å². The van der Waals surface area contributed by atoms with E-state index in [0.29, 0.717) is 0 Å². The lowest BCUT2D eigenvalue weighted by atomic mass is 10.2. The monoisotopic (exact) mass is 250 g/mol. The molecule has 0 saturated carbocycles. The van der Waals surface area contributed by atoms with E-state index >= 15 is 0 Å². The fourth-order valence-corrected chi connectivity index (χ4v) is 2.17. The predicted octanol–water partition coefficient (Wildman–Crippen LogP) is 2.67. The zero-order valence-electron chi connectivity index (χ0n) is 10.1. The lowest BCUT2D eigenvalue weighted by Gasteiger charge is -2.05. The quantitative estimate of drug-likeness (QED) is 0.767. The smallest absolute Gasteiger partial charge is 0.157 e. The number of anilines is 1. The van der Waals surface area contributed by atoms with Gasteiger partial charge in [0.25, 0.3) is 0 Å². The molecule has 2 aromatic heterocycles. The number of nitrogens with zero attached hydrogens (tertiary/aromatic N) is 3. The lowest BCUT2D eigenvalue weighted by molar-refractivity contribution is 0.748. The van der Waals surface area contributed by atoms with Crippen molar-refractivity contribution in [1.82, 2.24) is 14.6 Å². The van der Waals surface area contributed by atoms with Crippen molar-refractivity contribution < 1.29 is 0 Å². The molecule has 0 atom stereocenters. The van der Waals surface area contributed by atoms with Crippen LogP contribution in [0.1, 0.15) is 19.3 Å². The van der Waals surface area contributed by atoms with Crippen molar-refractivity contribution in [2.75, 3.05) is 23.9 Å². The van der Waals surface area contributed by atoms with Gasteiger partial charge in [0.1, 0.15) is 5.82 Å². The SMILES string of the molecule is CSCCCCCNc1ccn2nccc2n1. The van der Waals surface area contributed by atoms with Crippen LogP contribution in [0.15, 0.2) is 24.5 Å². The summed E-state index contributed by atoms with van der Waals surface area (Å²) in [5.41, 5.74) is 0.886. The first-order chi connectivity index (χ1) is 8.40. The van der Waals surface area contributed by atoms with E-state index < -0.39 is 0 Å². The molecule has 2 aromatic rings. The molecular weight excluding hydrogens is 232 g/mol. The fraction of sp³-hybridized carbons (Fsp3) is 0.500. The van der Waals surface area contributed by atoms with Crippen molar-refractivity contribution in [3.05, 3.63) is 24.5 Å². The Morgan fingerprint density at radius 1 is 1.29 bits per heavy atom. The predicted molar refractivity (Wildman–Crippen MR) is 73.7 cm³/mol. The summed E-state index contributed by atoms with van der Waals surface area (Å²) in [5, 5.41) is 7.46. The molecule has 0 aliphatic carbocycles. The molecule has 0 radical (unpaired) electrons. The van der Waals surface area contributed by atoms with Crippen molar-refractivity contribution in [1.29, 1.82) is 0 Å². The van der Waals surface area contributed by atoms with Crippen molar-refractivity contribution >= 4 is 23.2 Å². The van der Waals surface area contributed by atoms with Crippen LogP contribution in [0.4, 0.5) is 5.82 Å². The Morgan fingerprint density at radius 2 is 2.24 bits per heavy atom. The Balaban J connectivity index is 1.75. The minimum atomic E-state index is 0.886. The summed E-state index contributed by atoms with van der Waals surface area (Å²) in [7, 11) is 0. The van der Waals surface area contributed by atoms with Gasteiger partial charge in [0.15, 0.2) is 5.65 Å². The molecule has 17 heavy (non-hydrogen) atoms. The number of aromatic nitrogens is 3. The molecule has 5 heteroatoms.